The van der Waals surface area contributed by atoms with Crippen LogP contribution < -0.4 is 5.32 Å². The number of ether oxygens (including phenoxy) is 6. The molecule has 172 valence electrons. The first-order valence-corrected chi connectivity index (χ1v) is 11.2. The zero-order valence-corrected chi connectivity index (χ0v) is 18.7. The van der Waals surface area contributed by atoms with Crippen molar-refractivity contribution in [2.24, 2.45) is 0 Å². The van der Waals surface area contributed by atoms with E-state index in [0.29, 0.717) is 71.3 Å². The molecule has 8 nitrogen and oxygen atoms in total. The van der Waals surface area contributed by atoms with E-state index in [1.165, 1.54) is 0 Å². The van der Waals surface area contributed by atoms with Crippen LogP contribution in [0.1, 0.15) is 39.0 Å². The highest BCUT2D eigenvalue weighted by Crippen LogP contribution is 2.24. The first-order valence-electron chi connectivity index (χ1n) is 10.7. The van der Waals surface area contributed by atoms with E-state index in [1.54, 1.807) is 0 Å². The fourth-order valence-corrected chi connectivity index (χ4v) is 3.01. The molecule has 1 rings (SSSR count). The van der Waals surface area contributed by atoms with Gasteiger partial charge in [0.05, 0.1) is 59.5 Å². The van der Waals surface area contributed by atoms with E-state index in [2.05, 4.69) is 24.9 Å². The van der Waals surface area contributed by atoms with Gasteiger partial charge in [-0.1, -0.05) is 6.92 Å². The number of carbonyl (C=O) groups is 1. The summed E-state index contributed by atoms with van der Waals surface area (Å²) in [6, 6.07) is 0. The molecule has 29 heavy (non-hydrogen) atoms. The van der Waals surface area contributed by atoms with Gasteiger partial charge in [-0.05, 0) is 32.1 Å². The molecule has 0 saturated heterocycles. The summed E-state index contributed by atoms with van der Waals surface area (Å²) >= 11 is 4.44. The van der Waals surface area contributed by atoms with E-state index in [0.717, 1.165) is 38.7 Å². The molecular formula is C20H39NO7S. The van der Waals surface area contributed by atoms with Crippen molar-refractivity contribution < 1.29 is 33.2 Å². The Morgan fingerprint density at radius 3 is 1.69 bits per heavy atom. The number of hydrogen-bond acceptors (Lipinski definition) is 8. The van der Waals surface area contributed by atoms with Crippen molar-refractivity contribution in [1.82, 2.24) is 5.32 Å². The van der Waals surface area contributed by atoms with Gasteiger partial charge >= 0.3 is 6.09 Å². The maximum Gasteiger partial charge on any atom is 0.407 e. The van der Waals surface area contributed by atoms with Gasteiger partial charge in [0, 0.05) is 18.4 Å². The molecule has 0 spiro atoms. The topological polar surface area (TPSA) is 84.5 Å². The molecule has 1 N–H and O–H groups in total. The predicted molar refractivity (Wildman–Crippen MR) is 114 cm³/mol. The molecular weight excluding hydrogens is 398 g/mol. The molecule has 1 aliphatic carbocycles. The van der Waals surface area contributed by atoms with Crippen molar-refractivity contribution in [2.45, 2.75) is 50.4 Å². The molecule has 1 fully saturated rings. The lowest BCUT2D eigenvalue weighted by atomic mass is 9.97. The second-order valence-corrected chi connectivity index (χ2v) is 7.55. The maximum atomic E-state index is 11.7. The van der Waals surface area contributed by atoms with Gasteiger partial charge < -0.3 is 33.7 Å². The Morgan fingerprint density at radius 2 is 1.21 bits per heavy atom. The Labute approximate surface area is 180 Å². The Bertz CT molecular complexity index is 382. The van der Waals surface area contributed by atoms with Crippen LogP contribution in [-0.4, -0.2) is 90.1 Å². The fraction of sp³-hybridized carbons (Fsp3) is 0.950. The molecule has 0 aromatic heterocycles. The van der Waals surface area contributed by atoms with Gasteiger partial charge in [0.25, 0.3) is 0 Å². The van der Waals surface area contributed by atoms with Crippen molar-refractivity contribution >= 4 is 18.7 Å². The van der Waals surface area contributed by atoms with E-state index in [1.807, 2.05) is 0 Å². The second kappa shape index (κ2) is 19.4. The third-order valence-electron chi connectivity index (χ3n) is 4.27. The summed E-state index contributed by atoms with van der Waals surface area (Å²) in [6.45, 7) is 8.06. The van der Waals surface area contributed by atoms with Gasteiger partial charge in [0.1, 0.15) is 6.10 Å². The SMILES string of the molecule is CCCOCCOCCOCCOCCOCCNC(=O)OC1CCC(S)CC1. The molecule has 0 unspecified atom stereocenters. The quantitative estimate of drug-likeness (QED) is 0.252. The summed E-state index contributed by atoms with van der Waals surface area (Å²) < 4.78 is 32.3. The van der Waals surface area contributed by atoms with Crippen molar-refractivity contribution in [3.63, 3.8) is 0 Å². The molecule has 0 aromatic carbocycles. The van der Waals surface area contributed by atoms with E-state index in [9.17, 15) is 4.79 Å². The molecule has 0 heterocycles. The first kappa shape index (κ1) is 26.5. The molecule has 0 atom stereocenters. The molecule has 1 aliphatic rings. The normalized spacial score (nSPS) is 19.2. The van der Waals surface area contributed by atoms with Crippen LogP contribution in [-0.2, 0) is 28.4 Å². The van der Waals surface area contributed by atoms with Crippen LogP contribution in [0, 0.1) is 0 Å². The average molecular weight is 438 g/mol. The zero-order chi connectivity index (χ0) is 21.0. The van der Waals surface area contributed by atoms with Gasteiger partial charge in [-0.3, -0.25) is 0 Å². The lowest BCUT2D eigenvalue weighted by Crippen LogP contribution is -2.33. The van der Waals surface area contributed by atoms with E-state index in [4.69, 9.17) is 28.4 Å². The van der Waals surface area contributed by atoms with Crippen molar-refractivity contribution in [2.75, 3.05) is 72.6 Å². The van der Waals surface area contributed by atoms with E-state index < -0.39 is 0 Å². The van der Waals surface area contributed by atoms with Crippen LogP contribution in [0.4, 0.5) is 4.79 Å². The second-order valence-electron chi connectivity index (χ2n) is 6.82. The Hall–Kier alpha value is -0.580. The molecule has 1 saturated carbocycles. The van der Waals surface area contributed by atoms with Crippen LogP contribution in [0.2, 0.25) is 0 Å². The summed E-state index contributed by atoms with van der Waals surface area (Å²) in [7, 11) is 0. The Kier molecular flexibility index (Phi) is 17.7. The third-order valence-corrected chi connectivity index (χ3v) is 4.79. The monoisotopic (exact) mass is 437 g/mol. The number of thiol groups is 1. The van der Waals surface area contributed by atoms with Crippen LogP contribution in [0.25, 0.3) is 0 Å². The molecule has 0 aromatic rings. The number of rotatable bonds is 18. The third kappa shape index (κ3) is 16.9. The highest BCUT2D eigenvalue weighted by Gasteiger charge is 2.21. The number of amides is 1. The summed E-state index contributed by atoms with van der Waals surface area (Å²) in [4.78, 5) is 11.7. The van der Waals surface area contributed by atoms with Crippen LogP contribution in [0.5, 0.6) is 0 Å². The van der Waals surface area contributed by atoms with Gasteiger partial charge in [0.15, 0.2) is 0 Å². The molecule has 0 aliphatic heterocycles. The van der Waals surface area contributed by atoms with E-state index in [-0.39, 0.29) is 12.2 Å². The van der Waals surface area contributed by atoms with Gasteiger partial charge in [0.2, 0.25) is 0 Å². The maximum absolute atomic E-state index is 11.7. The molecule has 0 radical (unpaired) electrons. The highest BCUT2D eigenvalue weighted by molar-refractivity contribution is 7.80. The predicted octanol–water partition coefficient (Wildman–Crippen LogP) is 2.45. The lowest BCUT2D eigenvalue weighted by molar-refractivity contribution is -0.0108. The summed E-state index contributed by atoms with van der Waals surface area (Å²) in [5.41, 5.74) is 0. The lowest BCUT2D eigenvalue weighted by Gasteiger charge is -2.25. The van der Waals surface area contributed by atoms with Crippen molar-refractivity contribution in [3.8, 4) is 0 Å². The number of alkyl carbamates (subject to hydrolysis) is 1. The summed E-state index contributed by atoms with van der Waals surface area (Å²) in [6.07, 6.45) is 4.44. The number of nitrogens with one attached hydrogen (secondary N) is 1. The fourth-order valence-electron chi connectivity index (χ4n) is 2.71. The van der Waals surface area contributed by atoms with Gasteiger partial charge in [-0.15, -0.1) is 0 Å². The van der Waals surface area contributed by atoms with Gasteiger partial charge in [-0.25, -0.2) is 4.79 Å². The van der Waals surface area contributed by atoms with Crippen LogP contribution >= 0.6 is 12.6 Å². The summed E-state index contributed by atoms with van der Waals surface area (Å²) in [5.74, 6) is 0. The minimum absolute atomic E-state index is 0.0151. The minimum Gasteiger partial charge on any atom is -0.446 e. The highest BCUT2D eigenvalue weighted by atomic mass is 32.1. The van der Waals surface area contributed by atoms with E-state index >= 15 is 0 Å². The number of carbonyl (C=O) groups excluding carboxylic acids is 1. The zero-order valence-electron chi connectivity index (χ0n) is 17.8. The largest absolute Gasteiger partial charge is 0.446 e. The number of hydrogen-bond donors (Lipinski definition) is 2. The van der Waals surface area contributed by atoms with Gasteiger partial charge in [-0.2, -0.15) is 12.6 Å². The van der Waals surface area contributed by atoms with Crippen molar-refractivity contribution in [1.29, 1.82) is 0 Å². The molecule has 1 amide bonds. The van der Waals surface area contributed by atoms with Crippen LogP contribution in [0.15, 0.2) is 0 Å². The minimum atomic E-state index is -0.373. The van der Waals surface area contributed by atoms with Crippen molar-refractivity contribution in [3.05, 3.63) is 0 Å². The Morgan fingerprint density at radius 1 is 0.759 bits per heavy atom. The average Bonchev–Trinajstić information content (AvgIpc) is 2.72. The summed E-state index contributed by atoms with van der Waals surface area (Å²) in [5, 5.41) is 3.14. The Balaban J connectivity index is 1.73. The molecule has 0 bridgehead atoms. The standard InChI is InChI=1S/C20H39NO7S/c1-2-8-23-10-12-25-14-16-27-17-15-26-13-11-24-9-7-21-20(22)28-18-3-5-19(29)6-4-18/h18-19,29H,2-17H2,1H3,(H,21,22). The first-order chi connectivity index (χ1) is 14.2. The molecule has 9 heteroatoms. The smallest absolute Gasteiger partial charge is 0.407 e. The van der Waals surface area contributed by atoms with Crippen LogP contribution in [0.3, 0.4) is 0 Å².